The fourth-order valence-electron chi connectivity index (χ4n) is 1.27. The second-order valence-electron chi connectivity index (χ2n) is 4.44. The quantitative estimate of drug-likeness (QED) is 0.825. The highest BCUT2D eigenvalue weighted by atomic mass is 16.5. The van der Waals surface area contributed by atoms with Crippen LogP contribution in [0.5, 0.6) is 5.75 Å². The van der Waals surface area contributed by atoms with E-state index in [9.17, 15) is 9.90 Å². The number of carboxylic acid groups (broad SMARTS) is 1. The molecule has 0 aromatic heterocycles. The maximum absolute atomic E-state index is 11.0. The van der Waals surface area contributed by atoms with Gasteiger partial charge in [-0.1, -0.05) is 18.6 Å². The maximum Gasteiger partial charge on any atom is 0.339 e. The van der Waals surface area contributed by atoms with E-state index in [-0.39, 0.29) is 17.9 Å². The van der Waals surface area contributed by atoms with Crippen molar-refractivity contribution >= 4 is 5.97 Å². The molecule has 17 heavy (non-hydrogen) atoms. The number of aromatic carboxylic acids is 1. The van der Waals surface area contributed by atoms with E-state index in [2.05, 4.69) is 0 Å². The summed E-state index contributed by atoms with van der Waals surface area (Å²) in [6.07, 6.45) is 0.543. The van der Waals surface area contributed by atoms with Crippen molar-refractivity contribution in [2.24, 2.45) is 0 Å². The first-order valence-electron chi connectivity index (χ1n) is 5.55. The van der Waals surface area contributed by atoms with Crippen molar-refractivity contribution in [1.29, 1.82) is 0 Å². The van der Waals surface area contributed by atoms with E-state index in [0.29, 0.717) is 6.42 Å². The third kappa shape index (κ3) is 3.75. The van der Waals surface area contributed by atoms with Crippen LogP contribution in [0.4, 0.5) is 0 Å². The van der Waals surface area contributed by atoms with Gasteiger partial charge in [0.2, 0.25) is 0 Å². The molecule has 0 amide bonds. The molecule has 0 saturated heterocycles. The number of carboxylic acids is 1. The van der Waals surface area contributed by atoms with Gasteiger partial charge in [-0.05, 0) is 32.4 Å². The summed E-state index contributed by atoms with van der Waals surface area (Å²) in [7, 11) is 0. The number of ether oxygens (including phenoxy) is 1. The topological polar surface area (TPSA) is 66.8 Å². The van der Waals surface area contributed by atoms with Crippen LogP contribution in [0.25, 0.3) is 0 Å². The van der Waals surface area contributed by atoms with Gasteiger partial charge in [0, 0.05) is 0 Å². The molecule has 1 unspecified atom stereocenters. The molecule has 0 aliphatic carbocycles. The standard InChI is InChI=1S/C13H18O4/c1-4-13(3,16)8-17-11-6-5-9(2)7-10(11)12(14)15/h5-7,16H,4,8H2,1-3H3,(H,14,15). The molecule has 0 spiro atoms. The van der Waals surface area contributed by atoms with Crippen LogP contribution in [0.15, 0.2) is 18.2 Å². The zero-order valence-electron chi connectivity index (χ0n) is 10.4. The Kier molecular flexibility index (Phi) is 4.12. The highest BCUT2D eigenvalue weighted by Crippen LogP contribution is 2.21. The molecule has 94 valence electrons. The van der Waals surface area contributed by atoms with E-state index in [1.807, 2.05) is 13.8 Å². The Morgan fingerprint density at radius 1 is 1.47 bits per heavy atom. The summed E-state index contributed by atoms with van der Waals surface area (Å²) in [6, 6.07) is 4.95. The molecular weight excluding hydrogens is 220 g/mol. The molecule has 4 heteroatoms. The van der Waals surface area contributed by atoms with Crippen LogP contribution < -0.4 is 4.74 Å². The van der Waals surface area contributed by atoms with Gasteiger partial charge in [0.25, 0.3) is 0 Å². The molecular formula is C13H18O4. The lowest BCUT2D eigenvalue weighted by Crippen LogP contribution is -2.31. The smallest absolute Gasteiger partial charge is 0.339 e. The van der Waals surface area contributed by atoms with Gasteiger partial charge in [-0.15, -0.1) is 0 Å². The van der Waals surface area contributed by atoms with Crippen LogP contribution >= 0.6 is 0 Å². The van der Waals surface area contributed by atoms with Crippen molar-refractivity contribution in [2.75, 3.05) is 6.61 Å². The molecule has 2 N–H and O–H groups in total. The molecule has 0 aliphatic heterocycles. The largest absolute Gasteiger partial charge is 0.490 e. The number of hydrogen-bond acceptors (Lipinski definition) is 3. The van der Waals surface area contributed by atoms with E-state index >= 15 is 0 Å². The van der Waals surface area contributed by atoms with Crippen LogP contribution in [0.3, 0.4) is 0 Å². The van der Waals surface area contributed by atoms with Gasteiger partial charge in [0.15, 0.2) is 0 Å². The van der Waals surface area contributed by atoms with Gasteiger partial charge in [-0.3, -0.25) is 0 Å². The van der Waals surface area contributed by atoms with Gasteiger partial charge in [0.05, 0.1) is 5.60 Å². The van der Waals surface area contributed by atoms with Gasteiger partial charge in [0.1, 0.15) is 17.9 Å². The summed E-state index contributed by atoms with van der Waals surface area (Å²) in [6.45, 7) is 5.39. The molecule has 1 aromatic rings. The lowest BCUT2D eigenvalue weighted by atomic mass is 10.1. The molecule has 0 heterocycles. The van der Waals surface area contributed by atoms with E-state index in [1.54, 1.807) is 25.1 Å². The van der Waals surface area contributed by atoms with E-state index in [0.717, 1.165) is 5.56 Å². The number of hydrogen-bond donors (Lipinski definition) is 2. The van der Waals surface area contributed by atoms with Crippen LogP contribution in [0.2, 0.25) is 0 Å². The number of aryl methyl sites for hydroxylation is 1. The fraction of sp³-hybridized carbons (Fsp3) is 0.462. The zero-order chi connectivity index (χ0) is 13.1. The van der Waals surface area contributed by atoms with E-state index in [1.165, 1.54) is 0 Å². The predicted molar refractivity (Wildman–Crippen MR) is 64.5 cm³/mol. The van der Waals surface area contributed by atoms with Crippen molar-refractivity contribution in [2.45, 2.75) is 32.8 Å². The molecule has 1 rings (SSSR count). The highest BCUT2D eigenvalue weighted by Gasteiger charge is 2.20. The van der Waals surface area contributed by atoms with Gasteiger partial charge in [-0.2, -0.15) is 0 Å². The summed E-state index contributed by atoms with van der Waals surface area (Å²) >= 11 is 0. The Hall–Kier alpha value is -1.55. The zero-order valence-corrected chi connectivity index (χ0v) is 10.4. The summed E-state index contributed by atoms with van der Waals surface area (Å²) in [5, 5.41) is 18.8. The van der Waals surface area contributed by atoms with Gasteiger partial charge >= 0.3 is 5.97 Å². The minimum absolute atomic E-state index is 0.0762. The Morgan fingerprint density at radius 3 is 2.65 bits per heavy atom. The molecule has 0 fully saturated rings. The Morgan fingerprint density at radius 2 is 2.12 bits per heavy atom. The molecule has 0 radical (unpaired) electrons. The predicted octanol–water partition coefficient (Wildman–Crippen LogP) is 2.23. The number of benzene rings is 1. The first-order valence-corrected chi connectivity index (χ1v) is 5.55. The number of carbonyl (C=O) groups is 1. The second-order valence-corrected chi connectivity index (χ2v) is 4.44. The third-order valence-electron chi connectivity index (χ3n) is 2.67. The number of aliphatic hydroxyl groups is 1. The van der Waals surface area contributed by atoms with Crippen LogP contribution in [0.1, 0.15) is 36.2 Å². The maximum atomic E-state index is 11.0. The molecule has 1 aromatic carbocycles. The van der Waals surface area contributed by atoms with Crippen molar-refractivity contribution in [3.05, 3.63) is 29.3 Å². The minimum Gasteiger partial charge on any atom is -0.490 e. The summed E-state index contributed by atoms with van der Waals surface area (Å²) in [4.78, 5) is 11.0. The average Bonchev–Trinajstić information content (AvgIpc) is 2.27. The fourth-order valence-corrected chi connectivity index (χ4v) is 1.27. The Balaban J connectivity index is 2.88. The monoisotopic (exact) mass is 238 g/mol. The SMILES string of the molecule is CCC(C)(O)COc1ccc(C)cc1C(=O)O. The molecule has 0 bridgehead atoms. The Bertz CT molecular complexity index is 410. The van der Waals surface area contributed by atoms with E-state index in [4.69, 9.17) is 9.84 Å². The van der Waals surface area contributed by atoms with Crippen LogP contribution in [-0.2, 0) is 0 Å². The average molecular weight is 238 g/mol. The lowest BCUT2D eigenvalue weighted by Gasteiger charge is -2.22. The number of rotatable bonds is 5. The minimum atomic E-state index is -1.03. The lowest BCUT2D eigenvalue weighted by molar-refractivity contribution is 0.00789. The highest BCUT2D eigenvalue weighted by molar-refractivity contribution is 5.91. The van der Waals surface area contributed by atoms with Crippen molar-refractivity contribution in [1.82, 2.24) is 0 Å². The van der Waals surface area contributed by atoms with Crippen molar-refractivity contribution in [3.8, 4) is 5.75 Å². The summed E-state index contributed by atoms with van der Waals surface area (Å²) < 4.78 is 5.38. The van der Waals surface area contributed by atoms with Gasteiger partial charge < -0.3 is 14.9 Å². The normalized spacial score (nSPS) is 14.1. The van der Waals surface area contributed by atoms with Crippen molar-refractivity contribution in [3.63, 3.8) is 0 Å². The second kappa shape index (κ2) is 5.19. The first kappa shape index (κ1) is 13.5. The van der Waals surface area contributed by atoms with Crippen LogP contribution in [-0.4, -0.2) is 28.4 Å². The first-order chi connectivity index (χ1) is 7.85. The Labute approximate surface area is 101 Å². The molecule has 4 nitrogen and oxygen atoms in total. The molecule has 0 aliphatic rings. The summed E-state index contributed by atoms with van der Waals surface area (Å²) in [5.41, 5.74) is 0.0367. The van der Waals surface area contributed by atoms with Crippen molar-refractivity contribution < 1.29 is 19.7 Å². The van der Waals surface area contributed by atoms with Crippen LogP contribution in [0, 0.1) is 6.92 Å². The van der Waals surface area contributed by atoms with E-state index < -0.39 is 11.6 Å². The molecule has 0 saturated carbocycles. The van der Waals surface area contributed by atoms with Gasteiger partial charge in [-0.25, -0.2) is 4.79 Å². The summed E-state index contributed by atoms with van der Waals surface area (Å²) in [5.74, 6) is -0.739. The molecule has 1 atom stereocenters. The third-order valence-corrected chi connectivity index (χ3v) is 2.67.